The summed E-state index contributed by atoms with van der Waals surface area (Å²) in [5.74, 6) is 1.14. The molecule has 0 atom stereocenters. The fraction of sp³-hybridized carbons (Fsp3) is 0.625. The molecule has 0 unspecified atom stereocenters. The highest BCUT2D eigenvalue weighted by molar-refractivity contribution is 7.99. The van der Waals surface area contributed by atoms with Gasteiger partial charge in [-0.1, -0.05) is 30.8 Å². The first-order valence-corrected chi connectivity index (χ1v) is 12.3. The summed E-state index contributed by atoms with van der Waals surface area (Å²) in [5, 5.41) is 1.21. The standard InChI is InChI=1S/C24H35N3O3S/c1-17(2)30-15-7-14-27-23(29)20-8-5-6-9-21(20)25-24(27)31-16-22(28)26(4)19-12-10-18(3)11-13-19/h5-6,8-9,17-19H,7,10-16H2,1-4H3. The normalized spacial score (nSPS) is 19.1. The number of hydrogen-bond acceptors (Lipinski definition) is 5. The first kappa shape index (κ1) is 23.8. The van der Waals surface area contributed by atoms with Gasteiger partial charge < -0.3 is 9.64 Å². The molecular weight excluding hydrogens is 410 g/mol. The van der Waals surface area contributed by atoms with Gasteiger partial charge in [-0.05, 0) is 64.0 Å². The van der Waals surface area contributed by atoms with Gasteiger partial charge in [0.05, 0.1) is 22.8 Å². The second kappa shape index (κ2) is 11.1. The van der Waals surface area contributed by atoms with E-state index in [2.05, 4.69) is 6.92 Å². The molecule has 1 fully saturated rings. The average Bonchev–Trinajstić information content (AvgIpc) is 2.76. The van der Waals surface area contributed by atoms with Crippen LogP contribution in [0.3, 0.4) is 0 Å². The smallest absolute Gasteiger partial charge is 0.262 e. The number of benzene rings is 1. The van der Waals surface area contributed by atoms with E-state index in [1.54, 1.807) is 4.57 Å². The zero-order chi connectivity index (χ0) is 22.4. The molecule has 0 aliphatic heterocycles. The number of para-hydroxylation sites is 1. The van der Waals surface area contributed by atoms with Crippen molar-refractivity contribution in [2.45, 2.75) is 76.7 Å². The number of aromatic nitrogens is 2. The maximum Gasteiger partial charge on any atom is 0.262 e. The van der Waals surface area contributed by atoms with Crippen LogP contribution in [-0.4, -0.2) is 51.9 Å². The lowest BCUT2D eigenvalue weighted by molar-refractivity contribution is -0.129. The highest BCUT2D eigenvalue weighted by atomic mass is 32.2. The Morgan fingerprint density at radius 2 is 1.97 bits per heavy atom. The molecule has 6 nitrogen and oxygen atoms in total. The third kappa shape index (κ3) is 6.32. The van der Waals surface area contributed by atoms with Gasteiger partial charge in [-0.3, -0.25) is 14.2 Å². The summed E-state index contributed by atoms with van der Waals surface area (Å²) in [7, 11) is 1.91. The van der Waals surface area contributed by atoms with Gasteiger partial charge in [0.2, 0.25) is 5.91 Å². The summed E-state index contributed by atoms with van der Waals surface area (Å²) in [6, 6.07) is 7.72. The fourth-order valence-electron chi connectivity index (χ4n) is 4.06. The summed E-state index contributed by atoms with van der Waals surface area (Å²) in [5.41, 5.74) is 0.617. The summed E-state index contributed by atoms with van der Waals surface area (Å²) >= 11 is 1.36. The van der Waals surface area contributed by atoms with Crippen molar-refractivity contribution in [1.29, 1.82) is 0 Å². The lowest BCUT2D eigenvalue weighted by Gasteiger charge is -2.33. The van der Waals surface area contributed by atoms with Gasteiger partial charge in [-0.2, -0.15) is 0 Å². The van der Waals surface area contributed by atoms with E-state index in [0.29, 0.717) is 35.3 Å². The highest BCUT2D eigenvalue weighted by Gasteiger charge is 2.25. The van der Waals surface area contributed by atoms with Crippen molar-refractivity contribution >= 4 is 28.6 Å². The Labute approximate surface area is 189 Å². The van der Waals surface area contributed by atoms with Gasteiger partial charge in [0.15, 0.2) is 5.16 Å². The molecular formula is C24H35N3O3S. The molecule has 1 amide bonds. The number of fused-ring (bicyclic) bond motifs is 1. The van der Waals surface area contributed by atoms with E-state index in [1.807, 2.05) is 50.1 Å². The number of carbonyl (C=O) groups is 1. The van der Waals surface area contributed by atoms with Crippen LogP contribution in [-0.2, 0) is 16.1 Å². The molecule has 1 heterocycles. The third-order valence-corrected chi connectivity index (χ3v) is 7.02. The van der Waals surface area contributed by atoms with Crippen LogP contribution >= 0.6 is 11.8 Å². The van der Waals surface area contributed by atoms with Gasteiger partial charge in [0.1, 0.15) is 0 Å². The number of rotatable bonds is 9. The first-order valence-electron chi connectivity index (χ1n) is 11.4. The van der Waals surface area contributed by atoms with Gasteiger partial charge in [0, 0.05) is 26.2 Å². The summed E-state index contributed by atoms with van der Waals surface area (Å²) < 4.78 is 7.33. The predicted molar refractivity (Wildman–Crippen MR) is 127 cm³/mol. The molecule has 31 heavy (non-hydrogen) atoms. The molecule has 1 aliphatic carbocycles. The minimum absolute atomic E-state index is 0.0558. The van der Waals surface area contributed by atoms with Gasteiger partial charge in [-0.25, -0.2) is 4.98 Å². The average molecular weight is 446 g/mol. The number of thioether (sulfide) groups is 1. The molecule has 0 radical (unpaired) electrons. The molecule has 1 aromatic carbocycles. The van der Waals surface area contributed by atoms with E-state index < -0.39 is 0 Å². The zero-order valence-electron chi connectivity index (χ0n) is 19.2. The van der Waals surface area contributed by atoms with E-state index in [1.165, 1.54) is 24.6 Å². The predicted octanol–water partition coefficient (Wildman–Crippen LogP) is 4.34. The fourth-order valence-corrected chi connectivity index (χ4v) is 5.01. The van der Waals surface area contributed by atoms with Gasteiger partial charge >= 0.3 is 0 Å². The highest BCUT2D eigenvalue weighted by Crippen LogP contribution is 2.27. The molecule has 1 aliphatic rings. The van der Waals surface area contributed by atoms with Gasteiger partial charge in [0.25, 0.3) is 5.56 Å². The largest absolute Gasteiger partial charge is 0.379 e. The number of hydrogen-bond donors (Lipinski definition) is 0. The Kier molecular flexibility index (Phi) is 8.55. The Bertz CT molecular complexity index is 935. The van der Waals surface area contributed by atoms with Crippen molar-refractivity contribution in [3.63, 3.8) is 0 Å². The second-order valence-corrected chi connectivity index (χ2v) is 9.79. The van der Waals surface area contributed by atoms with Crippen LogP contribution in [0, 0.1) is 5.92 Å². The van der Waals surface area contributed by atoms with E-state index in [0.717, 1.165) is 25.2 Å². The zero-order valence-corrected chi connectivity index (χ0v) is 20.0. The molecule has 170 valence electrons. The van der Waals surface area contributed by atoms with Crippen LogP contribution in [0.25, 0.3) is 10.9 Å². The first-order chi connectivity index (χ1) is 14.9. The van der Waals surface area contributed by atoms with Crippen LogP contribution < -0.4 is 5.56 Å². The lowest BCUT2D eigenvalue weighted by Crippen LogP contribution is -2.40. The number of carbonyl (C=O) groups excluding carboxylic acids is 1. The van der Waals surface area contributed by atoms with Crippen molar-refractivity contribution in [2.75, 3.05) is 19.4 Å². The van der Waals surface area contributed by atoms with Crippen LogP contribution in [0.15, 0.2) is 34.2 Å². The summed E-state index contributed by atoms with van der Waals surface area (Å²) in [4.78, 5) is 32.6. The van der Waals surface area contributed by atoms with E-state index in [9.17, 15) is 9.59 Å². The third-order valence-electron chi connectivity index (χ3n) is 6.06. The maximum absolute atomic E-state index is 13.1. The molecule has 0 N–H and O–H groups in total. The Hall–Kier alpha value is -1.86. The SMILES string of the molecule is CC1CCC(N(C)C(=O)CSc2nc3ccccc3c(=O)n2CCCOC(C)C)CC1. The van der Waals surface area contributed by atoms with Crippen LogP contribution in [0.4, 0.5) is 0 Å². The minimum atomic E-state index is -0.0558. The number of amides is 1. The van der Waals surface area contributed by atoms with E-state index in [-0.39, 0.29) is 23.3 Å². The van der Waals surface area contributed by atoms with E-state index in [4.69, 9.17) is 9.72 Å². The van der Waals surface area contributed by atoms with Gasteiger partial charge in [-0.15, -0.1) is 0 Å². The second-order valence-electron chi connectivity index (χ2n) is 8.85. The molecule has 1 saturated carbocycles. The molecule has 1 aromatic heterocycles. The van der Waals surface area contributed by atoms with Crippen molar-refractivity contribution in [1.82, 2.24) is 14.5 Å². The molecule has 2 aromatic rings. The summed E-state index contributed by atoms with van der Waals surface area (Å²) in [6.45, 7) is 7.39. The molecule has 3 rings (SSSR count). The van der Waals surface area contributed by atoms with Crippen LogP contribution in [0.2, 0.25) is 0 Å². The lowest BCUT2D eigenvalue weighted by atomic mass is 9.87. The molecule has 0 saturated heterocycles. The Morgan fingerprint density at radius 3 is 2.68 bits per heavy atom. The quantitative estimate of drug-likeness (QED) is 0.326. The number of ether oxygens (including phenoxy) is 1. The summed E-state index contributed by atoms with van der Waals surface area (Å²) in [6.07, 6.45) is 5.39. The van der Waals surface area contributed by atoms with Crippen molar-refractivity contribution < 1.29 is 9.53 Å². The van der Waals surface area contributed by atoms with Crippen LogP contribution in [0.5, 0.6) is 0 Å². The van der Waals surface area contributed by atoms with E-state index >= 15 is 0 Å². The molecule has 0 bridgehead atoms. The Morgan fingerprint density at radius 1 is 1.26 bits per heavy atom. The molecule has 7 heteroatoms. The maximum atomic E-state index is 13.1. The topological polar surface area (TPSA) is 64.4 Å². The number of nitrogens with zero attached hydrogens (tertiary/aromatic N) is 3. The van der Waals surface area contributed by atoms with Crippen molar-refractivity contribution in [2.24, 2.45) is 5.92 Å². The minimum Gasteiger partial charge on any atom is -0.379 e. The monoisotopic (exact) mass is 445 g/mol. The van der Waals surface area contributed by atoms with Crippen LogP contribution in [0.1, 0.15) is 52.9 Å². The van der Waals surface area contributed by atoms with Crippen molar-refractivity contribution in [3.05, 3.63) is 34.6 Å². The van der Waals surface area contributed by atoms with Crippen molar-refractivity contribution in [3.8, 4) is 0 Å². The molecule has 0 spiro atoms. The Balaban J connectivity index is 1.72.